The fourth-order valence-corrected chi connectivity index (χ4v) is 4.43. The van der Waals surface area contributed by atoms with Gasteiger partial charge in [0.05, 0.1) is 19.3 Å². The Bertz CT molecular complexity index is 1180. The Morgan fingerprint density at radius 1 is 1.18 bits per heavy atom. The first-order valence-corrected chi connectivity index (χ1v) is 9.59. The zero-order valence-corrected chi connectivity index (χ0v) is 16.3. The van der Waals surface area contributed by atoms with Gasteiger partial charge in [0.15, 0.2) is 17.7 Å². The van der Waals surface area contributed by atoms with Crippen molar-refractivity contribution in [3.05, 3.63) is 55.0 Å². The zero-order chi connectivity index (χ0) is 19.1. The van der Waals surface area contributed by atoms with E-state index in [1.54, 1.807) is 43.8 Å². The van der Waals surface area contributed by atoms with Crippen molar-refractivity contribution < 1.29 is 9.30 Å². The standard InChI is InChI=1S/C19H18N7OS/c1-24-10-20-8-14-19(24)25(11-23-14)9-13-3-4-16-15(7-13)26(12-27-2)17-18(28-16)22-6-5-21-17/h3-8,10-11H,9,12H2,1-2H3/q+1. The molecule has 0 atom stereocenters. The lowest BCUT2D eigenvalue weighted by atomic mass is 10.2. The first-order chi connectivity index (χ1) is 13.7. The molecule has 1 aromatic carbocycles. The molecule has 0 aliphatic carbocycles. The van der Waals surface area contributed by atoms with Gasteiger partial charge in [0.25, 0.3) is 5.65 Å². The maximum Gasteiger partial charge on any atom is 0.258 e. The van der Waals surface area contributed by atoms with Crippen molar-refractivity contribution in [2.45, 2.75) is 16.5 Å². The van der Waals surface area contributed by atoms with Gasteiger partial charge in [0, 0.05) is 24.4 Å². The number of ether oxygens (including phenoxy) is 1. The van der Waals surface area contributed by atoms with Crippen molar-refractivity contribution in [2.24, 2.45) is 7.05 Å². The lowest BCUT2D eigenvalue weighted by Crippen LogP contribution is -2.31. The van der Waals surface area contributed by atoms with Gasteiger partial charge in [0.1, 0.15) is 18.0 Å². The highest BCUT2D eigenvalue weighted by atomic mass is 32.2. The van der Waals surface area contributed by atoms with Crippen LogP contribution in [0.5, 0.6) is 0 Å². The van der Waals surface area contributed by atoms with Gasteiger partial charge in [-0.25, -0.2) is 24.1 Å². The van der Waals surface area contributed by atoms with E-state index < -0.39 is 0 Å². The molecule has 0 unspecified atom stereocenters. The van der Waals surface area contributed by atoms with Crippen molar-refractivity contribution in [1.29, 1.82) is 0 Å². The van der Waals surface area contributed by atoms with Gasteiger partial charge >= 0.3 is 0 Å². The molecule has 5 rings (SSSR count). The largest absolute Gasteiger partial charge is 0.364 e. The highest BCUT2D eigenvalue weighted by molar-refractivity contribution is 7.99. The molecule has 4 aromatic rings. The molecule has 8 nitrogen and oxygen atoms in total. The van der Waals surface area contributed by atoms with Crippen LogP contribution in [0.1, 0.15) is 5.56 Å². The number of nitrogens with zero attached hydrogens (tertiary/aromatic N) is 7. The number of benzene rings is 1. The van der Waals surface area contributed by atoms with Gasteiger partial charge in [-0.1, -0.05) is 17.8 Å². The van der Waals surface area contributed by atoms with E-state index in [-0.39, 0.29) is 0 Å². The Kier molecular flexibility index (Phi) is 4.18. The van der Waals surface area contributed by atoms with E-state index in [0.29, 0.717) is 13.3 Å². The van der Waals surface area contributed by atoms with Crippen molar-refractivity contribution >= 4 is 34.4 Å². The molecule has 0 spiro atoms. The number of hydrogen-bond donors (Lipinski definition) is 0. The number of anilines is 2. The number of imidazole rings is 1. The van der Waals surface area contributed by atoms with Crippen LogP contribution in [-0.2, 0) is 18.3 Å². The highest BCUT2D eigenvalue weighted by Crippen LogP contribution is 2.46. The summed E-state index contributed by atoms with van der Waals surface area (Å²) in [5.74, 6) is 0.824. The van der Waals surface area contributed by atoms with Crippen LogP contribution in [0, 0.1) is 0 Å². The number of hydrogen-bond acceptors (Lipinski definition) is 7. The summed E-state index contributed by atoms with van der Waals surface area (Å²) >= 11 is 1.63. The van der Waals surface area contributed by atoms with Crippen LogP contribution in [-0.4, -0.2) is 38.3 Å². The molecule has 0 N–H and O–H groups in total. The molecule has 0 fully saturated rings. The van der Waals surface area contributed by atoms with Crippen molar-refractivity contribution in [1.82, 2.24) is 24.5 Å². The summed E-state index contributed by atoms with van der Waals surface area (Å²) < 4.78 is 9.55. The van der Waals surface area contributed by atoms with E-state index in [1.165, 1.54) is 5.56 Å². The molecule has 4 heterocycles. The monoisotopic (exact) mass is 392 g/mol. The summed E-state index contributed by atoms with van der Waals surface area (Å²) in [6, 6.07) is 6.47. The van der Waals surface area contributed by atoms with Crippen LogP contribution >= 0.6 is 11.8 Å². The third-order valence-corrected chi connectivity index (χ3v) is 5.69. The maximum absolute atomic E-state index is 5.44. The van der Waals surface area contributed by atoms with E-state index >= 15 is 0 Å². The van der Waals surface area contributed by atoms with E-state index in [0.717, 1.165) is 32.6 Å². The second-order valence-corrected chi connectivity index (χ2v) is 7.55. The Hall–Kier alpha value is -3.04. The van der Waals surface area contributed by atoms with Crippen molar-refractivity contribution in [2.75, 3.05) is 18.7 Å². The predicted molar refractivity (Wildman–Crippen MR) is 104 cm³/mol. The van der Waals surface area contributed by atoms with Crippen LogP contribution in [0.4, 0.5) is 11.5 Å². The normalized spacial score (nSPS) is 12.9. The van der Waals surface area contributed by atoms with Gasteiger partial charge in [-0.2, -0.15) is 0 Å². The minimum Gasteiger partial charge on any atom is -0.364 e. The summed E-state index contributed by atoms with van der Waals surface area (Å²) in [4.78, 5) is 20.8. The number of methoxy groups -OCH3 is 1. The quantitative estimate of drug-likeness (QED) is 0.494. The molecule has 140 valence electrons. The van der Waals surface area contributed by atoms with Crippen LogP contribution in [0.25, 0.3) is 11.2 Å². The molecule has 0 saturated carbocycles. The maximum atomic E-state index is 5.44. The first kappa shape index (κ1) is 17.1. The van der Waals surface area contributed by atoms with Gasteiger partial charge in [-0.3, -0.25) is 4.90 Å². The third-order valence-electron chi connectivity index (χ3n) is 4.64. The Labute approximate surface area is 165 Å². The second-order valence-electron chi connectivity index (χ2n) is 6.52. The van der Waals surface area contributed by atoms with Crippen LogP contribution in [0.15, 0.2) is 59.4 Å². The highest BCUT2D eigenvalue weighted by Gasteiger charge is 2.26. The zero-order valence-electron chi connectivity index (χ0n) is 15.5. The van der Waals surface area contributed by atoms with Crippen LogP contribution < -0.4 is 9.47 Å². The molecule has 3 aromatic heterocycles. The Morgan fingerprint density at radius 3 is 2.96 bits per heavy atom. The summed E-state index contributed by atoms with van der Waals surface area (Å²) in [6.45, 7) is 1.12. The molecular weight excluding hydrogens is 374 g/mol. The first-order valence-electron chi connectivity index (χ1n) is 8.77. The molecule has 0 amide bonds. The number of aryl methyl sites for hydroxylation is 1. The molecule has 0 bridgehead atoms. The average Bonchev–Trinajstić information content (AvgIpc) is 3.12. The summed E-state index contributed by atoms with van der Waals surface area (Å²) in [5, 5.41) is 0.889. The lowest BCUT2D eigenvalue weighted by Gasteiger charge is -2.30. The Balaban J connectivity index is 1.55. The summed E-state index contributed by atoms with van der Waals surface area (Å²) in [7, 11) is 3.67. The van der Waals surface area contributed by atoms with Gasteiger partial charge in [-0.15, -0.1) is 4.98 Å². The van der Waals surface area contributed by atoms with E-state index in [9.17, 15) is 0 Å². The second kappa shape index (κ2) is 6.84. The minimum absolute atomic E-state index is 0.414. The minimum atomic E-state index is 0.414. The van der Waals surface area contributed by atoms with Crippen LogP contribution in [0.3, 0.4) is 0 Å². The molecule has 0 saturated heterocycles. The van der Waals surface area contributed by atoms with E-state index in [4.69, 9.17) is 4.74 Å². The number of fused-ring (bicyclic) bond motifs is 3. The number of aromatic nitrogens is 6. The average molecular weight is 392 g/mol. The smallest absolute Gasteiger partial charge is 0.258 e. The predicted octanol–water partition coefficient (Wildman–Crippen LogP) is 2.30. The molecule has 1 aliphatic heterocycles. The fourth-order valence-electron chi connectivity index (χ4n) is 3.45. The fraction of sp³-hybridized carbons (Fsp3) is 0.211. The summed E-state index contributed by atoms with van der Waals surface area (Å²) in [5.41, 5.74) is 4.16. The molecule has 28 heavy (non-hydrogen) atoms. The van der Waals surface area contributed by atoms with Gasteiger partial charge in [0.2, 0.25) is 6.33 Å². The Morgan fingerprint density at radius 2 is 2.07 bits per heavy atom. The van der Waals surface area contributed by atoms with Crippen molar-refractivity contribution in [3.8, 4) is 0 Å². The molecule has 0 radical (unpaired) electrons. The lowest BCUT2D eigenvalue weighted by molar-refractivity contribution is -0.650. The van der Waals surface area contributed by atoms with Crippen LogP contribution in [0.2, 0.25) is 0 Å². The molecule has 1 aliphatic rings. The van der Waals surface area contributed by atoms with Gasteiger partial charge in [-0.05, 0) is 17.7 Å². The molecular formula is C19H18N7OS+. The third kappa shape index (κ3) is 2.79. The SMILES string of the molecule is COCN1c2cc(Cn3cnc4cnc[n+](C)c43)ccc2Sc2nccnc21. The van der Waals surface area contributed by atoms with E-state index in [1.807, 2.05) is 17.9 Å². The molecule has 9 heteroatoms. The van der Waals surface area contributed by atoms with Gasteiger partial charge < -0.3 is 4.74 Å². The van der Waals surface area contributed by atoms with Crippen molar-refractivity contribution in [3.63, 3.8) is 0 Å². The number of rotatable bonds is 4. The topological polar surface area (TPSA) is 72.8 Å². The van der Waals surface area contributed by atoms with E-state index in [2.05, 4.69) is 47.6 Å². The summed E-state index contributed by atoms with van der Waals surface area (Å²) in [6.07, 6.45) is 8.86.